The Morgan fingerprint density at radius 3 is 2.15 bits per heavy atom. The highest BCUT2D eigenvalue weighted by molar-refractivity contribution is 6.23. The highest BCUT2D eigenvalue weighted by Gasteiger charge is 2.25. The van der Waals surface area contributed by atoms with Crippen LogP contribution in [0.3, 0.4) is 0 Å². The highest BCUT2D eigenvalue weighted by Crippen LogP contribution is 2.29. The number of nitrogens with one attached hydrogen (secondary N) is 2. The number of Topliss-reactive ketones (excluding diaryl/α,β-unsaturated/α-hetero) is 2. The Labute approximate surface area is 155 Å². The Balaban J connectivity index is 3.50. The number of halogens is 1. The minimum absolute atomic E-state index is 0.0310. The van der Waals surface area contributed by atoms with Crippen molar-refractivity contribution in [2.45, 2.75) is 13.8 Å². The molecule has 0 aliphatic heterocycles. The average molecular weight is 377 g/mol. The lowest BCUT2D eigenvalue weighted by atomic mass is 10.0. The summed E-state index contributed by atoms with van der Waals surface area (Å²) in [7, 11) is 2.27. The number of hydrogen-bond acceptors (Lipinski definition) is 7. The quantitative estimate of drug-likeness (QED) is 0.206. The molecule has 0 aromatic heterocycles. The summed E-state index contributed by atoms with van der Waals surface area (Å²) in [6.07, 6.45) is 0. The summed E-state index contributed by atoms with van der Waals surface area (Å²) < 4.78 is 24.3. The molecule has 27 heavy (non-hydrogen) atoms. The van der Waals surface area contributed by atoms with Crippen LogP contribution < -0.4 is 15.8 Å². The minimum atomic E-state index is -0.996. The SMILES string of the molecule is C=C(NC(C(=O)OC)=C(C(=N)N)C(C)=O)c1ccc(C(C)=O)c(OC)c1F. The molecule has 8 nitrogen and oxygen atoms in total. The van der Waals surface area contributed by atoms with Crippen molar-refractivity contribution in [3.8, 4) is 5.75 Å². The molecular weight excluding hydrogens is 357 g/mol. The zero-order valence-corrected chi connectivity index (χ0v) is 15.4. The first-order chi connectivity index (χ1) is 12.6. The lowest BCUT2D eigenvalue weighted by Gasteiger charge is -2.17. The van der Waals surface area contributed by atoms with Crippen LogP contribution in [0.25, 0.3) is 5.70 Å². The maximum absolute atomic E-state index is 14.8. The number of amidine groups is 1. The molecule has 0 amide bonds. The number of carbonyl (C=O) groups excluding carboxylic acids is 3. The zero-order valence-electron chi connectivity index (χ0n) is 15.4. The summed E-state index contributed by atoms with van der Waals surface area (Å²) in [6.45, 7) is 6.00. The van der Waals surface area contributed by atoms with E-state index in [0.29, 0.717) is 0 Å². The van der Waals surface area contributed by atoms with Gasteiger partial charge in [0, 0.05) is 11.3 Å². The van der Waals surface area contributed by atoms with E-state index >= 15 is 0 Å². The van der Waals surface area contributed by atoms with E-state index in [1.807, 2.05) is 0 Å². The van der Waals surface area contributed by atoms with Crippen LogP contribution in [0.5, 0.6) is 5.75 Å². The van der Waals surface area contributed by atoms with E-state index in [0.717, 1.165) is 14.0 Å². The monoisotopic (exact) mass is 377 g/mol. The Morgan fingerprint density at radius 1 is 1.19 bits per heavy atom. The number of ether oxygens (including phenoxy) is 2. The number of esters is 1. The van der Waals surface area contributed by atoms with Crippen molar-refractivity contribution in [1.29, 1.82) is 5.41 Å². The van der Waals surface area contributed by atoms with Crippen molar-refractivity contribution in [3.05, 3.63) is 46.9 Å². The summed E-state index contributed by atoms with van der Waals surface area (Å²) in [6, 6.07) is 2.60. The van der Waals surface area contributed by atoms with Gasteiger partial charge in [0.15, 0.2) is 23.1 Å². The van der Waals surface area contributed by atoms with Crippen LogP contribution >= 0.6 is 0 Å². The van der Waals surface area contributed by atoms with E-state index in [2.05, 4.69) is 16.6 Å². The zero-order chi connectivity index (χ0) is 20.9. The average Bonchev–Trinajstić information content (AvgIpc) is 2.58. The van der Waals surface area contributed by atoms with Crippen LogP contribution in [-0.4, -0.2) is 37.6 Å². The molecule has 1 aromatic rings. The second-order valence-corrected chi connectivity index (χ2v) is 5.38. The first-order valence-electron chi connectivity index (χ1n) is 7.58. The predicted octanol–water partition coefficient (Wildman–Crippen LogP) is 1.55. The lowest BCUT2D eigenvalue weighted by molar-refractivity contribution is -0.136. The number of methoxy groups -OCH3 is 2. The standard InChI is InChI=1S/C18H20FN3O5/c1-8(11-6-7-12(9(2)23)16(26-4)14(11)19)22-15(18(25)27-5)13(10(3)24)17(20)21/h6-7,22H,1H2,2-5H3,(H3,20,21). The number of hydrogen-bond donors (Lipinski definition) is 3. The van der Waals surface area contributed by atoms with Crippen LogP contribution in [0.15, 0.2) is 30.0 Å². The predicted molar refractivity (Wildman–Crippen MR) is 96.8 cm³/mol. The van der Waals surface area contributed by atoms with Crippen molar-refractivity contribution in [1.82, 2.24) is 5.32 Å². The van der Waals surface area contributed by atoms with E-state index in [1.54, 1.807) is 0 Å². The van der Waals surface area contributed by atoms with Gasteiger partial charge in [0.2, 0.25) is 0 Å². The fraction of sp³-hybridized carbons (Fsp3) is 0.222. The normalized spacial score (nSPS) is 11.1. The maximum Gasteiger partial charge on any atom is 0.355 e. The Bertz CT molecular complexity index is 858. The van der Waals surface area contributed by atoms with E-state index in [4.69, 9.17) is 15.9 Å². The molecule has 1 aromatic carbocycles. The Kier molecular flexibility index (Phi) is 6.98. The number of nitrogens with two attached hydrogens (primary N) is 1. The summed E-state index contributed by atoms with van der Waals surface area (Å²) in [5.41, 5.74) is 4.25. The molecule has 4 N–H and O–H groups in total. The molecule has 0 aliphatic carbocycles. The first-order valence-corrected chi connectivity index (χ1v) is 7.58. The van der Waals surface area contributed by atoms with Gasteiger partial charge in [-0.1, -0.05) is 6.58 Å². The van der Waals surface area contributed by atoms with Crippen LogP contribution in [0.1, 0.15) is 29.8 Å². The fourth-order valence-corrected chi connectivity index (χ4v) is 2.30. The van der Waals surface area contributed by atoms with Crippen molar-refractivity contribution < 1.29 is 28.2 Å². The summed E-state index contributed by atoms with van der Waals surface area (Å²) in [4.78, 5) is 35.4. The Hall–Kier alpha value is -3.49. The number of ketones is 2. The molecule has 0 aliphatic rings. The van der Waals surface area contributed by atoms with Crippen molar-refractivity contribution in [2.75, 3.05) is 14.2 Å². The molecule has 1 rings (SSSR count). The third-order valence-electron chi connectivity index (χ3n) is 3.54. The van der Waals surface area contributed by atoms with Gasteiger partial charge in [-0.25, -0.2) is 9.18 Å². The minimum Gasteiger partial charge on any atom is -0.493 e. The summed E-state index contributed by atoms with van der Waals surface area (Å²) in [5.74, 6) is -3.92. The van der Waals surface area contributed by atoms with Crippen LogP contribution in [0, 0.1) is 11.2 Å². The molecule has 0 radical (unpaired) electrons. The van der Waals surface area contributed by atoms with Gasteiger partial charge in [-0.2, -0.15) is 0 Å². The first kappa shape index (κ1) is 21.6. The molecule has 0 bridgehead atoms. The van der Waals surface area contributed by atoms with E-state index in [-0.39, 0.29) is 22.6 Å². The van der Waals surface area contributed by atoms with Gasteiger partial charge in [0.25, 0.3) is 0 Å². The van der Waals surface area contributed by atoms with E-state index in [1.165, 1.54) is 26.2 Å². The molecule has 0 heterocycles. The molecule has 0 unspecified atom stereocenters. The van der Waals surface area contributed by atoms with Crippen molar-refractivity contribution in [2.24, 2.45) is 5.73 Å². The van der Waals surface area contributed by atoms with Crippen molar-refractivity contribution in [3.63, 3.8) is 0 Å². The van der Waals surface area contributed by atoms with Gasteiger partial charge in [-0.05, 0) is 26.0 Å². The summed E-state index contributed by atoms with van der Waals surface area (Å²) in [5, 5.41) is 9.98. The van der Waals surface area contributed by atoms with Crippen LogP contribution in [0.2, 0.25) is 0 Å². The van der Waals surface area contributed by atoms with Gasteiger partial charge in [-0.3, -0.25) is 15.0 Å². The second-order valence-electron chi connectivity index (χ2n) is 5.38. The van der Waals surface area contributed by atoms with E-state index < -0.39 is 40.5 Å². The molecule has 0 atom stereocenters. The van der Waals surface area contributed by atoms with Gasteiger partial charge < -0.3 is 20.5 Å². The molecule has 0 saturated heterocycles. The van der Waals surface area contributed by atoms with Crippen LogP contribution in [0.4, 0.5) is 4.39 Å². The van der Waals surface area contributed by atoms with Gasteiger partial charge >= 0.3 is 5.97 Å². The van der Waals surface area contributed by atoms with Gasteiger partial charge in [0.1, 0.15) is 11.5 Å². The number of benzene rings is 1. The number of rotatable bonds is 8. The largest absolute Gasteiger partial charge is 0.493 e. The highest BCUT2D eigenvalue weighted by atomic mass is 19.1. The maximum atomic E-state index is 14.8. The van der Waals surface area contributed by atoms with E-state index in [9.17, 15) is 18.8 Å². The van der Waals surface area contributed by atoms with Gasteiger partial charge in [0.05, 0.1) is 25.4 Å². The third kappa shape index (κ3) is 4.57. The second kappa shape index (κ2) is 8.75. The lowest BCUT2D eigenvalue weighted by Crippen LogP contribution is -2.30. The Morgan fingerprint density at radius 2 is 1.74 bits per heavy atom. The molecule has 144 valence electrons. The van der Waals surface area contributed by atoms with Crippen molar-refractivity contribution >= 4 is 29.1 Å². The van der Waals surface area contributed by atoms with Gasteiger partial charge in [-0.15, -0.1) is 0 Å². The molecule has 0 fully saturated rings. The third-order valence-corrected chi connectivity index (χ3v) is 3.54. The molecule has 0 spiro atoms. The van der Waals surface area contributed by atoms with Crippen LogP contribution in [-0.2, 0) is 14.3 Å². The topological polar surface area (TPSA) is 132 Å². The molecular formula is C18H20FN3O5. The smallest absolute Gasteiger partial charge is 0.355 e. The molecule has 0 saturated carbocycles. The number of carbonyl (C=O) groups is 3. The summed E-state index contributed by atoms with van der Waals surface area (Å²) >= 11 is 0. The molecule has 9 heteroatoms. The fourth-order valence-electron chi connectivity index (χ4n) is 2.30.